The van der Waals surface area contributed by atoms with E-state index in [9.17, 15) is 75.3 Å². The van der Waals surface area contributed by atoms with Crippen molar-refractivity contribution in [1.29, 1.82) is 0 Å². The second-order valence-corrected chi connectivity index (χ2v) is 17.2. The van der Waals surface area contributed by atoms with Gasteiger partial charge in [-0.2, -0.15) is 0 Å². The predicted octanol–water partition coefficient (Wildman–Crippen LogP) is -4.82. The maximum atomic E-state index is 12.4. The summed E-state index contributed by atoms with van der Waals surface area (Å²) in [5, 5.41) is 120. The number of hydrogen-bond donors (Lipinski definition) is 13. The van der Waals surface area contributed by atoms with Gasteiger partial charge in [0.1, 0.15) is 96.8 Å². The van der Waals surface area contributed by atoms with Gasteiger partial charge in [0.05, 0.1) is 20.3 Å². The van der Waals surface area contributed by atoms with Crippen LogP contribution in [0.1, 0.15) is 52.4 Å². The van der Waals surface area contributed by atoms with Crippen molar-refractivity contribution in [3.63, 3.8) is 0 Å². The van der Waals surface area contributed by atoms with Crippen LogP contribution in [0.2, 0.25) is 0 Å². The first-order chi connectivity index (χ1) is 33.3. The summed E-state index contributed by atoms with van der Waals surface area (Å²) in [4.78, 5) is 48.8. The molecule has 1 aromatic carbocycles. The Morgan fingerprint density at radius 3 is 1.46 bits per heavy atom. The van der Waals surface area contributed by atoms with Gasteiger partial charge in [-0.3, -0.25) is 9.59 Å². The van der Waals surface area contributed by atoms with E-state index < -0.39 is 160 Å². The number of nitrogens with one attached hydrogen (secondary N) is 2. The molecule has 1 aromatic rings. The number of carbonyl (C=O) groups is 4. The molecule has 0 aliphatic carbocycles. The van der Waals surface area contributed by atoms with Crippen molar-refractivity contribution in [1.82, 2.24) is 10.6 Å². The molecule has 0 spiro atoms. The highest BCUT2D eigenvalue weighted by Crippen LogP contribution is 2.33. The van der Waals surface area contributed by atoms with E-state index in [1.54, 1.807) is 12.1 Å². The number of methoxy groups -OCH3 is 1. The van der Waals surface area contributed by atoms with Crippen LogP contribution in [0.4, 0.5) is 0 Å². The van der Waals surface area contributed by atoms with Gasteiger partial charge in [0.15, 0.2) is 31.1 Å². The number of aliphatic carboxylic acids is 2. The van der Waals surface area contributed by atoms with E-state index in [0.29, 0.717) is 44.3 Å². The molecule has 4 fully saturated rings. The quantitative estimate of drug-likeness (QED) is 0.0432. The highest BCUT2D eigenvalue weighted by atomic mass is 16.8. The lowest BCUT2D eigenvalue weighted by atomic mass is 9.95. The molecular weight excluding hydrogens is 944 g/mol. The average Bonchev–Trinajstić information content (AvgIpc) is 3.32. The van der Waals surface area contributed by atoms with Crippen molar-refractivity contribution in [3.8, 4) is 11.5 Å². The Labute approximate surface area is 401 Å². The van der Waals surface area contributed by atoms with Crippen LogP contribution in [0.3, 0.4) is 0 Å². The maximum Gasteiger partial charge on any atom is 0.335 e. The molecule has 4 heterocycles. The van der Waals surface area contributed by atoms with Crippen molar-refractivity contribution >= 4 is 23.8 Å². The Kier molecular flexibility index (Phi) is 21.7. The van der Waals surface area contributed by atoms with E-state index in [0.717, 1.165) is 13.8 Å². The molecule has 4 aliphatic heterocycles. The van der Waals surface area contributed by atoms with E-state index in [-0.39, 0.29) is 19.0 Å². The van der Waals surface area contributed by atoms with Gasteiger partial charge in [-0.1, -0.05) is 25.7 Å². The van der Waals surface area contributed by atoms with Crippen molar-refractivity contribution < 1.29 is 123 Å². The molecule has 0 unspecified atom stereocenters. The van der Waals surface area contributed by atoms with Gasteiger partial charge >= 0.3 is 11.9 Å². The number of carboxylic acid groups (broad SMARTS) is 2. The molecule has 27 heteroatoms. The van der Waals surface area contributed by atoms with Crippen LogP contribution < -0.4 is 20.1 Å². The van der Waals surface area contributed by atoms with Gasteiger partial charge < -0.3 is 114 Å². The van der Waals surface area contributed by atoms with Crippen LogP contribution in [-0.4, -0.2) is 236 Å². The first kappa shape index (κ1) is 56.9. The molecule has 20 atom stereocenters. The number of benzene rings is 1. The van der Waals surface area contributed by atoms with E-state index in [1.165, 1.54) is 19.2 Å². The van der Waals surface area contributed by atoms with Gasteiger partial charge in [0, 0.05) is 27.1 Å². The number of carbonyl (C=O) groups excluding carboxylic acids is 2. The van der Waals surface area contributed by atoms with Crippen molar-refractivity contribution in [2.75, 3.05) is 33.5 Å². The summed E-state index contributed by atoms with van der Waals surface area (Å²) in [5.74, 6) is -3.88. The molecule has 27 nitrogen and oxygen atoms in total. The molecule has 5 rings (SSSR count). The SMILES string of the molecule is COc1ccc(O[C@@H]2O[C@H](C(=O)O)[C@@H](O[C@@H]3O[C@H](CO)[C@H](O)[C@H](OCCCCCCCCO[C@@H]4O[C@H](C(=O)O)[C@@H](O[C@@H]5O[C@H](CO)[C@H](O)[C@H](O)[C@H]5NC(C)=O)[C@H](O)[C@H]4O)[C@H]3NC(C)=O)[C@H](O)[C@H]2O)cc1. The second kappa shape index (κ2) is 26.6. The Morgan fingerprint density at radius 2 is 0.957 bits per heavy atom. The number of amides is 2. The first-order valence-corrected chi connectivity index (χ1v) is 22.8. The minimum atomic E-state index is -1.95. The number of unbranched alkanes of at least 4 members (excludes halogenated alkanes) is 5. The fraction of sp³-hybridized carbons (Fsp3) is 0.767. The third kappa shape index (κ3) is 14.4. The van der Waals surface area contributed by atoms with E-state index in [1.807, 2.05) is 0 Å². The number of aliphatic hydroxyl groups excluding tert-OH is 9. The van der Waals surface area contributed by atoms with Gasteiger partial charge in [0.2, 0.25) is 18.1 Å². The third-order valence-electron chi connectivity index (χ3n) is 12.1. The zero-order valence-electron chi connectivity index (χ0n) is 38.6. The van der Waals surface area contributed by atoms with Crippen molar-refractivity contribution in [2.45, 2.75) is 175 Å². The zero-order chi connectivity index (χ0) is 51.4. The normalized spacial score (nSPS) is 37.8. The average molecular weight is 1010 g/mol. The second-order valence-electron chi connectivity index (χ2n) is 17.2. The van der Waals surface area contributed by atoms with E-state index >= 15 is 0 Å². The highest BCUT2D eigenvalue weighted by Gasteiger charge is 2.56. The monoisotopic (exact) mass is 1010 g/mol. The Balaban J connectivity index is 1.08. The Morgan fingerprint density at radius 1 is 0.514 bits per heavy atom. The Bertz CT molecular complexity index is 1820. The highest BCUT2D eigenvalue weighted by molar-refractivity contribution is 5.74. The summed E-state index contributed by atoms with van der Waals surface area (Å²) in [5.41, 5.74) is 0. The number of carboxylic acids is 2. The molecule has 70 heavy (non-hydrogen) atoms. The molecule has 4 aliphatic rings. The van der Waals surface area contributed by atoms with Gasteiger partial charge in [-0.05, 0) is 37.1 Å². The van der Waals surface area contributed by atoms with Gasteiger partial charge in [0.25, 0.3) is 0 Å². The van der Waals surface area contributed by atoms with Crippen LogP contribution in [0.15, 0.2) is 24.3 Å². The topological polar surface area (TPSA) is 407 Å². The maximum absolute atomic E-state index is 12.4. The fourth-order valence-corrected chi connectivity index (χ4v) is 8.40. The molecule has 0 saturated carbocycles. The first-order valence-electron chi connectivity index (χ1n) is 22.8. The third-order valence-corrected chi connectivity index (χ3v) is 12.1. The lowest BCUT2D eigenvalue weighted by Gasteiger charge is -2.47. The van der Waals surface area contributed by atoms with Gasteiger partial charge in [-0.25, -0.2) is 9.59 Å². The minimum Gasteiger partial charge on any atom is -0.497 e. The molecule has 0 aromatic heterocycles. The number of rotatable bonds is 24. The molecule has 4 saturated heterocycles. The lowest BCUT2D eigenvalue weighted by molar-refractivity contribution is -0.341. The predicted molar refractivity (Wildman–Crippen MR) is 228 cm³/mol. The zero-order valence-corrected chi connectivity index (χ0v) is 38.6. The molecule has 0 bridgehead atoms. The number of hydrogen-bond acceptors (Lipinski definition) is 23. The summed E-state index contributed by atoms with van der Waals surface area (Å²) in [7, 11) is 1.45. The minimum absolute atomic E-state index is 0.0241. The number of ether oxygens (including phenoxy) is 10. The Hall–Kier alpha value is -3.98. The van der Waals surface area contributed by atoms with E-state index in [4.69, 9.17) is 47.4 Å². The van der Waals surface area contributed by atoms with E-state index in [2.05, 4.69) is 10.6 Å². The summed E-state index contributed by atoms with van der Waals surface area (Å²) in [6.45, 7) is 0.718. The summed E-state index contributed by atoms with van der Waals surface area (Å²) in [6, 6.07) is 3.24. The standard InChI is InChI=1S/C43H66N2O25/c1-18(48)44-24-28(52)26(50)22(16-46)65-40(24)67-34-29(53)31(55)42(69-36(34)38(57)58)63-15-9-7-5-4-6-8-14-62-33-25(45-19(2)49)41(66-23(17-47)27(33)51)68-35-30(54)32(56)43(70-37(35)39(59)60)64-21-12-10-20(61-3)11-13-21/h10-13,22-37,40-43,46-47,50-56H,4-9,14-17H2,1-3H3,(H,44,48)(H,45,49)(H,57,58)(H,59,60)/t22-,23-,24-,25-,26+,27+,28-,29-,30-,31-,32-,33-,34+,35+,36+,37+,40+,41+,42-,43-/m1/s1. The molecule has 0 radical (unpaired) electrons. The largest absolute Gasteiger partial charge is 0.497 e. The smallest absolute Gasteiger partial charge is 0.335 e. The lowest BCUT2D eigenvalue weighted by Crippen LogP contribution is -2.68. The fourth-order valence-electron chi connectivity index (χ4n) is 8.40. The summed E-state index contributed by atoms with van der Waals surface area (Å²) >= 11 is 0. The van der Waals surface area contributed by atoms with Crippen LogP contribution in [0.5, 0.6) is 11.5 Å². The van der Waals surface area contributed by atoms with Crippen LogP contribution in [-0.2, 0) is 57.1 Å². The molecule has 398 valence electrons. The number of aliphatic hydroxyl groups is 9. The summed E-state index contributed by atoms with van der Waals surface area (Å²) < 4.78 is 56.1. The molecule has 2 amide bonds. The summed E-state index contributed by atoms with van der Waals surface area (Å²) in [6.07, 6.45) is -27.3. The van der Waals surface area contributed by atoms with Crippen molar-refractivity contribution in [3.05, 3.63) is 24.3 Å². The molecular formula is C43H66N2O25. The van der Waals surface area contributed by atoms with Crippen LogP contribution in [0.25, 0.3) is 0 Å². The molecule has 13 N–H and O–H groups in total. The van der Waals surface area contributed by atoms with Gasteiger partial charge in [-0.15, -0.1) is 0 Å². The van der Waals surface area contributed by atoms with Crippen molar-refractivity contribution in [2.24, 2.45) is 0 Å². The van der Waals surface area contributed by atoms with Crippen LogP contribution >= 0.6 is 0 Å². The van der Waals surface area contributed by atoms with Crippen LogP contribution in [0, 0.1) is 0 Å².